The number of amides is 2. The molecule has 0 bridgehead atoms. The minimum absolute atomic E-state index is 0.0517. The number of thioether (sulfide) groups is 1. The lowest BCUT2D eigenvalue weighted by Crippen LogP contribution is -2.50. The number of methoxy groups -OCH3 is 1. The van der Waals surface area contributed by atoms with Gasteiger partial charge in [-0.3, -0.25) is 10.1 Å². The average Bonchev–Trinajstić information content (AvgIpc) is 3.35. The highest BCUT2D eigenvalue weighted by molar-refractivity contribution is 8.01. The van der Waals surface area contributed by atoms with Crippen molar-refractivity contribution in [1.29, 1.82) is 0 Å². The predicted molar refractivity (Wildman–Crippen MR) is 111 cm³/mol. The van der Waals surface area contributed by atoms with Gasteiger partial charge in [0.2, 0.25) is 0 Å². The van der Waals surface area contributed by atoms with Crippen LogP contribution in [0, 0.1) is 0 Å². The molecule has 28 heavy (non-hydrogen) atoms. The topological polar surface area (TPSA) is 91.8 Å². The molecular formula is C19H29N3O4S2. The largest absolute Gasteiger partial charge is 0.481 e. The van der Waals surface area contributed by atoms with Crippen LogP contribution in [0.5, 0.6) is 0 Å². The standard InChI is InChI=1S/C19H29N3O4S2/c1-26-15-8-6-14(7-9-15)22(13-4-2-3-5-13)19(25)21-18-20-12-17(28-18)27-11-10-16(23)24/h12-15H,2-11H2,1H3,(H,23,24)(H,20,21,25). The molecule has 0 aromatic carbocycles. The van der Waals surface area contributed by atoms with Gasteiger partial charge in [0.1, 0.15) is 0 Å². The van der Waals surface area contributed by atoms with E-state index in [0.717, 1.165) is 42.7 Å². The molecule has 1 aromatic heterocycles. The molecule has 0 radical (unpaired) electrons. The van der Waals surface area contributed by atoms with Crippen LogP contribution in [-0.2, 0) is 9.53 Å². The van der Waals surface area contributed by atoms with Gasteiger partial charge in [-0.2, -0.15) is 0 Å². The second-order valence-corrected chi connectivity index (χ2v) is 9.84. The number of carboxylic acid groups (broad SMARTS) is 1. The van der Waals surface area contributed by atoms with Gasteiger partial charge < -0.3 is 14.7 Å². The number of rotatable bonds is 8. The van der Waals surface area contributed by atoms with Gasteiger partial charge in [-0.05, 0) is 38.5 Å². The van der Waals surface area contributed by atoms with E-state index in [4.69, 9.17) is 9.84 Å². The van der Waals surface area contributed by atoms with E-state index in [1.165, 1.54) is 35.9 Å². The van der Waals surface area contributed by atoms with E-state index in [1.54, 1.807) is 13.3 Å². The summed E-state index contributed by atoms with van der Waals surface area (Å²) in [7, 11) is 1.76. The molecule has 1 heterocycles. The normalized spacial score (nSPS) is 22.9. The lowest BCUT2D eigenvalue weighted by atomic mass is 9.91. The van der Waals surface area contributed by atoms with E-state index >= 15 is 0 Å². The Morgan fingerprint density at radius 1 is 1.25 bits per heavy atom. The molecule has 0 atom stereocenters. The van der Waals surface area contributed by atoms with E-state index in [1.807, 2.05) is 0 Å². The third kappa shape index (κ3) is 5.84. The number of carbonyl (C=O) groups excluding carboxylic acids is 1. The fourth-order valence-corrected chi connectivity index (χ4v) is 6.02. The second-order valence-electron chi connectivity index (χ2n) is 7.42. The smallest absolute Gasteiger partial charge is 0.324 e. The highest BCUT2D eigenvalue weighted by Crippen LogP contribution is 2.33. The Morgan fingerprint density at radius 3 is 2.57 bits per heavy atom. The zero-order valence-electron chi connectivity index (χ0n) is 16.3. The Morgan fingerprint density at radius 2 is 1.93 bits per heavy atom. The number of ether oxygens (including phenoxy) is 1. The summed E-state index contributed by atoms with van der Waals surface area (Å²) in [6.07, 6.45) is 10.6. The van der Waals surface area contributed by atoms with Crippen molar-refractivity contribution in [2.75, 3.05) is 18.2 Å². The van der Waals surface area contributed by atoms with Crippen LogP contribution < -0.4 is 5.32 Å². The Balaban J connectivity index is 1.60. The van der Waals surface area contributed by atoms with E-state index in [-0.39, 0.29) is 18.5 Å². The van der Waals surface area contributed by atoms with Crippen molar-refractivity contribution in [2.45, 2.75) is 80.2 Å². The molecule has 1 aromatic rings. The Hall–Kier alpha value is -1.32. The van der Waals surface area contributed by atoms with Crippen LogP contribution in [0.1, 0.15) is 57.8 Å². The van der Waals surface area contributed by atoms with Crippen molar-refractivity contribution in [3.05, 3.63) is 6.20 Å². The quantitative estimate of drug-likeness (QED) is 0.596. The summed E-state index contributed by atoms with van der Waals surface area (Å²) in [5, 5.41) is 12.3. The van der Waals surface area contributed by atoms with Crippen LogP contribution in [-0.4, -0.2) is 58.0 Å². The Kier molecular flexibility index (Phi) is 7.99. The molecule has 2 fully saturated rings. The van der Waals surface area contributed by atoms with Gasteiger partial charge in [0, 0.05) is 24.9 Å². The minimum Gasteiger partial charge on any atom is -0.481 e. The summed E-state index contributed by atoms with van der Waals surface area (Å²) < 4.78 is 6.40. The number of thiazole rings is 1. The maximum absolute atomic E-state index is 13.1. The number of hydrogen-bond donors (Lipinski definition) is 2. The van der Waals surface area contributed by atoms with Crippen LogP contribution >= 0.6 is 23.1 Å². The summed E-state index contributed by atoms with van der Waals surface area (Å²) in [5.41, 5.74) is 0. The van der Waals surface area contributed by atoms with Crippen molar-refractivity contribution in [1.82, 2.24) is 9.88 Å². The average molecular weight is 428 g/mol. The molecule has 2 aliphatic rings. The van der Waals surface area contributed by atoms with Crippen LogP contribution in [0.25, 0.3) is 0 Å². The molecule has 2 aliphatic carbocycles. The number of nitrogens with one attached hydrogen (secondary N) is 1. The molecule has 0 saturated heterocycles. The van der Waals surface area contributed by atoms with Gasteiger partial charge in [0.05, 0.1) is 22.9 Å². The first-order chi connectivity index (χ1) is 13.6. The second kappa shape index (κ2) is 10.5. The summed E-state index contributed by atoms with van der Waals surface area (Å²) >= 11 is 2.86. The van der Waals surface area contributed by atoms with Crippen molar-refractivity contribution in [3.63, 3.8) is 0 Å². The van der Waals surface area contributed by atoms with Gasteiger partial charge in [0.25, 0.3) is 0 Å². The molecule has 2 amide bonds. The molecule has 0 aliphatic heterocycles. The first-order valence-electron chi connectivity index (χ1n) is 9.99. The minimum atomic E-state index is -0.805. The molecule has 2 saturated carbocycles. The van der Waals surface area contributed by atoms with Crippen molar-refractivity contribution in [3.8, 4) is 0 Å². The van der Waals surface area contributed by atoms with Gasteiger partial charge in [-0.25, -0.2) is 9.78 Å². The van der Waals surface area contributed by atoms with Crippen LogP contribution in [0.3, 0.4) is 0 Å². The molecule has 9 heteroatoms. The van der Waals surface area contributed by atoms with E-state index in [2.05, 4.69) is 15.2 Å². The zero-order valence-corrected chi connectivity index (χ0v) is 17.9. The number of carbonyl (C=O) groups is 2. The number of aromatic nitrogens is 1. The maximum atomic E-state index is 13.1. The number of urea groups is 1. The third-order valence-electron chi connectivity index (χ3n) is 5.58. The lowest BCUT2D eigenvalue weighted by molar-refractivity contribution is -0.136. The molecule has 0 unspecified atom stereocenters. The number of nitrogens with zero attached hydrogens (tertiary/aromatic N) is 2. The summed E-state index contributed by atoms with van der Waals surface area (Å²) in [6, 6.07) is 0.525. The first kappa shape index (κ1) is 21.4. The Bertz CT molecular complexity index is 655. The molecule has 3 rings (SSSR count). The van der Waals surface area contributed by atoms with Crippen molar-refractivity contribution >= 4 is 40.2 Å². The highest BCUT2D eigenvalue weighted by atomic mass is 32.2. The summed E-state index contributed by atoms with van der Waals surface area (Å²) in [4.78, 5) is 30.1. The van der Waals surface area contributed by atoms with Crippen molar-refractivity contribution < 1.29 is 19.4 Å². The summed E-state index contributed by atoms with van der Waals surface area (Å²) in [5.74, 6) is -0.303. The van der Waals surface area contributed by atoms with Gasteiger partial charge >= 0.3 is 12.0 Å². The Labute approximate surface area is 174 Å². The molecule has 2 N–H and O–H groups in total. The van der Waals surface area contributed by atoms with Crippen LogP contribution in [0.15, 0.2) is 10.4 Å². The highest BCUT2D eigenvalue weighted by Gasteiger charge is 2.35. The number of anilines is 1. The molecule has 0 spiro atoms. The summed E-state index contributed by atoms with van der Waals surface area (Å²) in [6.45, 7) is 0. The lowest BCUT2D eigenvalue weighted by Gasteiger charge is -2.40. The predicted octanol–water partition coefficient (Wildman–Crippen LogP) is 4.44. The number of aliphatic carboxylic acids is 1. The van der Waals surface area contributed by atoms with E-state index in [0.29, 0.717) is 23.0 Å². The third-order valence-corrected chi connectivity index (χ3v) is 7.69. The van der Waals surface area contributed by atoms with Crippen LogP contribution in [0.2, 0.25) is 0 Å². The molecular weight excluding hydrogens is 398 g/mol. The van der Waals surface area contributed by atoms with Crippen molar-refractivity contribution in [2.24, 2.45) is 0 Å². The first-order valence-corrected chi connectivity index (χ1v) is 11.8. The van der Waals surface area contributed by atoms with Gasteiger partial charge in [-0.15, -0.1) is 11.8 Å². The fraction of sp³-hybridized carbons (Fsp3) is 0.737. The zero-order chi connectivity index (χ0) is 19.9. The fourth-order valence-electron chi connectivity index (χ4n) is 4.15. The molecule has 7 nitrogen and oxygen atoms in total. The SMILES string of the molecule is COC1CCC(N(C(=O)Nc2ncc(SCCC(=O)O)s2)C2CCCC2)CC1. The molecule has 156 valence electrons. The number of hydrogen-bond acceptors (Lipinski definition) is 6. The number of carboxylic acids is 1. The van der Waals surface area contributed by atoms with Crippen LogP contribution in [0.4, 0.5) is 9.93 Å². The maximum Gasteiger partial charge on any atom is 0.324 e. The van der Waals surface area contributed by atoms with E-state index < -0.39 is 5.97 Å². The van der Waals surface area contributed by atoms with E-state index in [9.17, 15) is 9.59 Å². The van der Waals surface area contributed by atoms with Gasteiger partial charge in [0.15, 0.2) is 5.13 Å². The van der Waals surface area contributed by atoms with Gasteiger partial charge in [-0.1, -0.05) is 24.2 Å². The monoisotopic (exact) mass is 427 g/mol.